The first kappa shape index (κ1) is 26.2. The summed E-state index contributed by atoms with van der Waals surface area (Å²) in [6, 6.07) is 8.25. The Kier molecular flexibility index (Phi) is 8.78. The van der Waals surface area contributed by atoms with Crippen LogP contribution in [0.15, 0.2) is 24.3 Å². The molecule has 0 bridgehead atoms. The molecule has 1 aromatic rings. The van der Waals surface area contributed by atoms with Gasteiger partial charge in [0.25, 0.3) is 0 Å². The van der Waals surface area contributed by atoms with Crippen molar-refractivity contribution in [1.82, 2.24) is 9.80 Å². The van der Waals surface area contributed by atoms with Crippen LogP contribution in [0.3, 0.4) is 0 Å². The Hall–Kier alpha value is -2.37. The van der Waals surface area contributed by atoms with Gasteiger partial charge in [0.15, 0.2) is 0 Å². The number of halogens is 3. The van der Waals surface area contributed by atoms with E-state index in [1.54, 1.807) is 7.11 Å². The van der Waals surface area contributed by atoms with E-state index in [0.717, 1.165) is 64.5 Å². The zero-order chi connectivity index (χ0) is 24.8. The minimum atomic E-state index is -5.08. The summed E-state index contributed by atoms with van der Waals surface area (Å²) in [5, 5.41) is 7.12. The van der Waals surface area contributed by atoms with Crippen LogP contribution in [0, 0.1) is 11.3 Å². The molecular weight excluding hydrogens is 457 g/mol. The van der Waals surface area contributed by atoms with E-state index in [1.807, 2.05) is 17.0 Å². The highest BCUT2D eigenvalue weighted by molar-refractivity contribution is 5.80. The van der Waals surface area contributed by atoms with Crippen molar-refractivity contribution < 1.29 is 42.1 Å². The number of morpholine rings is 1. The molecule has 1 aromatic carbocycles. The molecule has 0 saturated carbocycles. The average Bonchev–Trinajstić information content (AvgIpc) is 3.16. The number of alkyl halides is 3. The van der Waals surface area contributed by atoms with Crippen LogP contribution < -0.4 is 4.74 Å². The maximum absolute atomic E-state index is 13.3. The van der Waals surface area contributed by atoms with E-state index < -0.39 is 12.1 Å². The summed E-state index contributed by atoms with van der Waals surface area (Å²) in [5.41, 5.74) is 1.32. The number of methoxy groups -OCH3 is 1. The fraction of sp³-hybridized carbons (Fsp3) is 0.652. The van der Waals surface area contributed by atoms with Gasteiger partial charge in [0.05, 0.1) is 26.2 Å². The summed E-state index contributed by atoms with van der Waals surface area (Å²) >= 11 is 0. The molecular formula is C23H31F3N2O6. The molecule has 3 aliphatic heterocycles. The van der Waals surface area contributed by atoms with Crippen molar-refractivity contribution in [3.63, 3.8) is 0 Å². The van der Waals surface area contributed by atoms with Crippen LogP contribution >= 0.6 is 0 Å². The number of nitrogens with zero attached hydrogens (tertiary/aromatic N) is 2. The number of carboxylic acids is 1. The van der Waals surface area contributed by atoms with Crippen LogP contribution in [-0.2, 0) is 25.6 Å². The molecule has 8 nitrogen and oxygen atoms in total. The lowest BCUT2D eigenvalue weighted by molar-refractivity contribution is -0.192. The summed E-state index contributed by atoms with van der Waals surface area (Å²) in [6.45, 7) is 6.98. The third kappa shape index (κ3) is 6.61. The van der Waals surface area contributed by atoms with Crippen molar-refractivity contribution in [3.05, 3.63) is 29.8 Å². The zero-order valence-corrected chi connectivity index (χ0v) is 19.2. The first-order chi connectivity index (χ1) is 16.1. The number of hydrogen-bond acceptors (Lipinski definition) is 6. The van der Waals surface area contributed by atoms with E-state index in [9.17, 15) is 18.0 Å². The molecule has 1 amide bonds. The molecule has 0 aliphatic carbocycles. The van der Waals surface area contributed by atoms with Crippen molar-refractivity contribution in [3.8, 4) is 5.75 Å². The molecule has 4 rings (SSSR count). The van der Waals surface area contributed by atoms with E-state index in [2.05, 4.69) is 17.0 Å². The first-order valence-electron chi connectivity index (χ1n) is 11.2. The van der Waals surface area contributed by atoms with Crippen molar-refractivity contribution >= 4 is 11.9 Å². The summed E-state index contributed by atoms with van der Waals surface area (Å²) in [6.07, 6.45) is -3.13. The summed E-state index contributed by atoms with van der Waals surface area (Å²) in [7, 11) is 1.69. The van der Waals surface area contributed by atoms with Gasteiger partial charge >= 0.3 is 12.1 Å². The fourth-order valence-corrected chi connectivity index (χ4v) is 4.81. The van der Waals surface area contributed by atoms with Gasteiger partial charge in [-0.3, -0.25) is 9.69 Å². The van der Waals surface area contributed by atoms with Crippen LogP contribution in [0.5, 0.6) is 5.75 Å². The third-order valence-corrected chi connectivity index (χ3v) is 6.64. The standard InChI is InChI=1S/C21H30N2O4.C2HF3O2/c1-25-18-4-2-17(3-5-18)14-22-15-19(20(24)23-8-12-27-13-9-23)21(16-22)6-10-26-11-7-21;3-2(4,5)1(6)7/h2-5,19H,6-16H2,1H3;(H,6,7). The molecule has 1 N–H and O–H groups in total. The van der Waals surface area contributed by atoms with Crippen molar-refractivity contribution in [2.75, 3.05) is 59.7 Å². The highest BCUT2D eigenvalue weighted by atomic mass is 19.4. The molecule has 11 heteroatoms. The second kappa shape index (κ2) is 11.4. The number of hydrogen-bond donors (Lipinski definition) is 1. The molecule has 0 aromatic heterocycles. The van der Waals surface area contributed by atoms with Crippen LogP contribution in [0.1, 0.15) is 18.4 Å². The van der Waals surface area contributed by atoms with Crippen molar-refractivity contribution in [1.29, 1.82) is 0 Å². The topological polar surface area (TPSA) is 88.5 Å². The second-order valence-corrected chi connectivity index (χ2v) is 8.79. The van der Waals surface area contributed by atoms with Gasteiger partial charge in [-0.05, 0) is 30.5 Å². The number of likely N-dealkylation sites (tertiary alicyclic amines) is 1. The minimum absolute atomic E-state index is 0.0557. The molecule has 3 heterocycles. The summed E-state index contributed by atoms with van der Waals surface area (Å²) in [4.78, 5) is 26.7. The molecule has 3 saturated heterocycles. The quantitative estimate of drug-likeness (QED) is 0.697. The van der Waals surface area contributed by atoms with Gasteiger partial charge in [-0.2, -0.15) is 13.2 Å². The van der Waals surface area contributed by atoms with E-state index in [1.165, 1.54) is 5.56 Å². The Morgan fingerprint density at radius 1 is 1.09 bits per heavy atom. The van der Waals surface area contributed by atoms with Gasteiger partial charge in [-0.15, -0.1) is 0 Å². The predicted molar refractivity (Wildman–Crippen MR) is 115 cm³/mol. The lowest BCUT2D eigenvalue weighted by atomic mass is 9.71. The monoisotopic (exact) mass is 488 g/mol. The van der Waals surface area contributed by atoms with Gasteiger partial charge in [-0.25, -0.2) is 4.79 Å². The maximum Gasteiger partial charge on any atom is 0.490 e. The number of rotatable bonds is 4. The largest absolute Gasteiger partial charge is 0.497 e. The molecule has 3 aliphatic rings. The Morgan fingerprint density at radius 2 is 1.65 bits per heavy atom. The van der Waals surface area contributed by atoms with Gasteiger partial charge in [0, 0.05) is 51.4 Å². The molecule has 190 valence electrons. The van der Waals surface area contributed by atoms with E-state index in [-0.39, 0.29) is 11.3 Å². The van der Waals surface area contributed by atoms with Gasteiger partial charge in [-0.1, -0.05) is 12.1 Å². The number of carbonyl (C=O) groups is 2. The van der Waals surface area contributed by atoms with E-state index >= 15 is 0 Å². The number of carbonyl (C=O) groups excluding carboxylic acids is 1. The molecule has 1 unspecified atom stereocenters. The Morgan fingerprint density at radius 3 is 2.18 bits per heavy atom. The Bertz CT molecular complexity index is 821. The van der Waals surface area contributed by atoms with E-state index in [0.29, 0.717) is 19.1 Å². The third-order valence-electron chi connectivity index (χ3n) is 6.64. The van der Waals surface area contributed by atoms with Crippen molar-refractivity contribution in [2.24, 2.45) is 11.3 Å². The predicted octanol–water partition coefficient (Wildman–Crippen LogP) is 2.42. The van der Waals surface area contributed by atoms with Crippen LogP contribution in [-0.4, -0.2) is 92.7 Å². The van der Waals surface area contributed by atoms with Gasteiger partial charge < -0.3 is 24.2 Å². The fourth-order valence-electron chi connectivity index (χ4n) is 4.81. The van der Waals surface area contributed by atoms with E-state index in [4.69, 9.17) is 24.1 Å². The second-order valence-electron chi connectivity index (χ2n) is 8.79. The molecule has 1 atom stereocenters. The van der Waals surface area contributed by atoms with Crippen molar-refractivity contribution in [2.45, 2.75) is 25.6 Å². The van der Waals surface area contributed by atoms with Crippen LogP contribution in [0.4, 0.5) is 13.2 Å². The Balaban J connectivity index is 0.000000406. The molecule has 1 spiro atoms. The smallest absolute Gasteiger partial charge is 0.490 e. The first-order valence-corrected chi connectivity index (χ1v) is 11.2. The molecule has 0 radical (unpaired) electrons. The zero-order valence-electron chi connectivity index (χ0n) is 19.2. The SMILES string of the molecule is COc1ccc(CN2CC(C(=O)N3CCOCC3)C3(CCOCC3)C2)cc1.O=C(O)C(F)(F)F. The Labute approximate surface area is 196 Å². The number of benzene rings is 1. The normalized spacial score (nSPS) is 22.7. The van der Waals surface area contributed by atoms with Crippen LogP contribution in [0.2, 0.25) is 0 Å². The minimum Gasteiger partial charge on any atom is -0.497 e. The summed E-state index contributed by atoms with van der Waals surface area (Å²) < 4.78 is 48.1. The summed E-state index contributed by atoms with van der Waals surface area (Å²) in [5.74, 6) is -1.50. The lowest BCUT2D eigenvalue weighted by Gasteiger charge is -2.40. The average molecular weight is 489 g/mol. The van der Waals surface area contributed by atoms with Gasteiger partial charge in [0.1, 0.15) is 5.75 Å². The molecule has 3 fully saturated rings. The van der Waals surface area contributed by atoms with Gasteiger partial charge in [0.2, 0.25) is 5.91 Å². The van der Waals surface area contributed by atoms with Crippen LogP contribution in [0.25, 0.3) is 0 Å². The maximum atomic E-state index is 13.3. The highest BCUT2D eigenvalue weighted by Crippen LogP contribution is 2.45. The number of aliphatic carboxylic acids is 1. The number of carboxylic acid groups (broad SMARTS) is 1. The highest BCUT2D eigenvalue weighted by Gasteiger charge is 2.51. The lowest BCUT2D eigenvalue weighted by Crippen LogP contribution is -2.49. The number of amides is 1. The molecule has 34 heavy (non-hydrogen) atoms. The number of ether oxygens (including phenoxy) is 3.